The Morgan fingerprint density at radius 2 is 2.19 bits per heavy atom. The van der Waals surface area contributed by atoms with Gasteiger partial charge in [0, 0.05) is 29.4 Å². The number of rotatable bonds is 6. The van der Waals surface area contributed by atoms with Crippen molar-refractivity contribution < 1.29 is 9.53 Å². The van der Waals surface area contributed by atoms with E-state index in [2.05, 4.69) is 20.4 Å². The van der Waals surface area contributed by atoms with Crippen LogP contribution in [0.2, 0.25) is 0 Å². The molecule has 1 unspecified atom stereocenters. The summed E-state index contributed by atoms with van der Waals surface area (Å²) in [5.41, 5.74) is 3.54. The second-order valence-corrected chi connectivity index (χ2v) is 6.11. The summed E-state index contributed by atoms with van der Waals surface area (Å²) < 4.78 is 6.84. The molecule has 7 nitrogen and oxygen atoms in total. The molecule has 1 amide bonds. The lowest BCUT2D eigenvalue weighted by Gasteiger charge is -2.14. The van der Waals surface area contributed by atoms with E-state index in [1.807, 2.05) is 38.1 Å². The molecule has 0 aliphatic rings. The predicted octanol–water partition coefficient (Wildman–Crippen LogP) is 2.48. The van der Waals surface area contributed by atoms with E-state index >= 15 is 0 Å². The summed E-state index contributed by atoms with van der Waals surface area (Å²) in [7, 11) is 1.59. The monoisotopic (exact) mass is 351 g/mol. The largest absolute Gasteiger partial charge is 0.481 e. The third-order valence-corrected chi connectivity index (χ3v) is 4.04. The van der Waals surface area contributed by atoms with Crippen molar-refractivity contribution in [3.8, 4) is 17.0 Å². The molecule has 0 spiro atoms. The number of methoxy groups -OCH3 is 1. The van der Waals surface area contributed by atoms with Crippen molar-refractivity contribution >= 4 is 5.91 Å². The Hall–Kier alpha value is -3.22. The van der Waals surface area contributed by atoms with Crippen LogP contribution < -0.4 is 10.1 Å². The number of hydrogen-bond donors (Lipinski definition) is 1. The van der Waals surface area contributed by atoms with Crippen LogP contribution in [0.3, 0.4) is 0 Å². The summed E-state index contributed by atoms with van der Waals surface area (Å²) >= 11 is 0. The fourth-order valence-corrected chi connectivity index (χ4v) is 2.73. The van der Waals surface area contributed by atoms with Gasteiger partial charge in [0.05, 0.1) is 13.7 Å². The third kappa shape index (κ3) is 4.05. The van der Waals surface area contributed by atoms with Crippen molar-refractivity contribution in [3.05, 3.63) is 60.3 Å². The molecular weight excluding hydrogens is 330 g/mol. The van der Waals surface area contributed by atoms with E-state index in [1.165, 1.54) is 6.33 Å². The van der Waals surface area contributed by atoms with Gasteiger partial charge in [-0.2, -0.15) is 5.10 Å². The van der Waals surface area contributed by atoms with Crippen LogP contribution in [0.15, 0.2) is 49.2 Å². The van der Waals surface area contributed by atoms with Gasteiger partial charge in [-0.1, -0.05) is 12.1 Å². The Morgan fingerprint density at radius 3 is 2.88 bits per heavy atom. The number of aryl methyl sites for hydroxylation is 1. The van der Waals surface area contributed by atoms with Gasteiger partial charge in [-0.05, 0) is 37.1 Å². The summed E-state index contributed by atoms with van der Waals surface area (Å²) in [5.74, 6) is 0.445. The van der Waals surface area contributed by atoms with Crippen molar-refractivity contribution in [2.45, 2.75) is 26.4 Å². The first-order valence-electron chi connectivity index (χ1n) is 8.31. The molecule has 2 heterocycles. The predicted molar refractivity (Wildman–Crippen MR) is 97.9 cm³/mol. The van der Waals surface area contributed by atoms with E-state index in [9.17, 15) is 4.79 Å². The number of nitrogens with one attached hydrogen (secondary N) is 1. The maximum atomic E-state index is 12.6. The standard InChI is InChI=1S/C19H21N5O2/c1-13-7-18(26-3)21-9-17(13)15-5-4-6-16(8-15)19(25)23-14(2)10-24-12-20-11-22-24/h4-9,11-12,14H,10H2,1-3H3,(H,23,25). The highest BCUT2D eigenvalue weighted by Crippen LogP contribution is 2.25. The van der Waals surface area contributed by atoms with E-state index < -0.39 is 0 Å². The van der Waals surface area contributed by atoms with Crippen molar-refractivity contribution in [2.75, 3.05) is 7.11 Å². The van der Waals surface area contributed by atoms with Gasteiger partial charge in [0.2, 0.25) is 5.88 Å². The van der Waals surface area contributed by atoms with Crippen LogP contribution in [0.1, 0.15) is 22.8 Å². The molecule has 0 fully saturated rings. The number of nitrogens with zero attached hydrogens (tertiary/aromatic N) is 4. The molecule has 0 bridgehead atoms. The Balaban J connectivity index is 1.75. The van der Waals surface area contributed by atoms with Crippen LogP contribution in [0.25, 0.3) is 11.1 Å². The van der Waals surface area contributed by atoms with Crippen molar-refractivity contribution in [1.82, 2.24) is 25.1 Å². The third-order valence-electron chi connectivity index (χ3n) is 4.04. The van der Waals surface area contributed by atoms with Crippen LogP contribution in [-0.2, 0) is 6.54 Å². The lowest BCUT2D eigenvalue weighted by Crippen LogP contribution is -2.35. The number of aromatic nitrogens is 4. The number of pyridine rings is 1. The fourth-order valence-electron chi connectivity index (χ4n) is 2.73. The summed E-state index contributed by atoms with van der Waals surface area (Å²) in [6.07, 6.45) is 4.87. The van der Waals surface area contributed by atoms with Gasteiger partial charge in [-0.25, -0.2) is 9.97 Å². The number of carbonyl (C=O) groups excluding carboxylic acids is 1. The van der Waals surface area contributed by atoms with E-state index in [1.54, 1.807) is 30.4 Å². The minimum absolute atomic E-state index is 0.0720. The number of carbonyl (C=O) groups is 1. The summed E-state index contributed by atoms with van der Waals surface area (Å²) in [5, 5.41) is 7.03. The highest BCUT2D eigenvalue weighted by atomic mass is 16.5. The van der Waals surface area contributed by atoms with Gasteiger partial charge >= 0.3 is 0 Å². The van der Waals surface area contributed by atoms with Gasteiger partial charge in [0.15, 0.2) is 0 Å². The summed E-state index contributed by atoms with van der Waals surface area (Å²) in [6.45, 7) is 4.49. The Bertz CT molecular complexity index is 893. The molecule has 7 heteroatoms. The molecule has 0 aliphatic carbocycles. The van der Waals surface area contributed by atoms with Gasteiger partial charge in [-0.3, -0.25) is 9.48 Å². The smallest absolute Gasteiger partial charge is 0.251 e. The molecule has 0 radical (unpaired) electrons. The Morgan fingerprint density at radius 1 is 1.35 bits per heavy atom. The first kappa shape index (κ1) is 17.6. The van der Waals surface area contributed by atoms with Crippen molar-refractivity contribution in [1.29, 1.82) is 0 Å². The van der Waals surface area contributed by atoms with E-state index in [0.29, 0.717) is 18.0 Å². The van der Waals surface area contributed by atoms with Crippen molar-refractivity contribution in [3.63, 3.8) is 0 Å². The molecule has 134 valence electrons. The molecule has 1 N–H and O–H groups in total. The number of benzene rings is 1. The van der Waals surface area contributed by atoms with Gasteiger partial charge in [0.25, 0.3) is 5.91 Å². The molecule has 1 aromatic carbocycles. The van der Waals surface area contributed by atoms with Crippen LogP contribution in [0, 0.1) is 6.92 Å². The SMILES string of the molecule is COc1cc(C)c(-c2cccc(C(=O)NC(C)Cn3cncn3)c2)cn1. The van der Waals surface area contributed by atoms with Gasteiger partial charge in [-0.15, -0.1) is 0 Å². The first-order chi connectivity index (χ1) is 12.6. The van der Waals surface area contributed by atoms with Crippen LogP contribution in [0.4, 0.5) is 0 Å². The lowest BCUT2D eigenvalue weighted by atomic mass is 10.0. The van der Waals surface area contributed by atoms with Crippen molar-refractivity contribution in [2.24, 2.45) is 0 Å². The highest BCUT2D eigenvalue weighted by molar-refractivity contribution is 5.95. The molecule has 2 aromatic heterocycles. The summed E-state index contributed by atoms with van der Waals surface area (Å²) in [6, 6.07) is 9.31. The number of ether oxygens (including phenoxy) is 1. The number of hydrogen-bond acceptors (Lipinski definition) is 5. The molecule has 1 atom stereocenters. The molecule has 3 aromatic rings. The summed E-state index contributed by atoms with van der Waals surface area (Å²) in [4.78, 5) is 20.7. The zero-order valence-electron chi connectivity index (χ0n) is 15.0. The molecule has 0 aliphatic heterocycles. The minimum Gasteiger partial charge on any atom is -0.481 e. The second-order valence-electron chi connectivity index (χ2n) is 6.11. The quantitative estimate of drug-likeness (QED) is 0.738. The maximum absolute atomic E-state index is 12.6. The average molecular weight is 351 g/mol. The first-order valence-corrected chi connectivity index (χ1v) is 8.31. The minimum atomic E-state index is -0.126. The maximum Gasteiger partial charge on any atom is 0.251 e. The van der Waals surface area contributed by atoms with E-state index in [4.69, 9.17) is 4.74 Å². The van der Waals surface area contributed by atoms with E-state index in [0.717, 1.165) is 16.7 Å². The van der Waals surface area contributed by atoms with E-state index in [-0.39, 0.29) is 11.9 Å². The Labute approximate surface area is 152 Å². The molecule has 0 saturated heterocycles. The van der Waals surface area contributed by atoms with Crippen LogP contribution in [-0.4, -0.2) is 38.8 Å². The highest BCUT2D eigenvalue weighted by Gasteiger charge is 2.12. The fraction of sp³-hybridized carbons (Fsp3) is 0.263. The molecule has 0 saturated carbocycles. The van der Waals surface area contributed by atoms with Crippen LogP contribution in [0.5, 0.6) is 5.88 Å². The normalized spacial score (nSPS) is 11.8. The molecule has 3 rings (SSSR count). The molecule has 26 heavy (non-hydrogen) atoms. The zero-order valence-corrected chi connectivity index (χ0v) is 15.0. The Kier molecular flexibility index (Phi) is 5.26. The second kappa shape index (κ2) is 7.77. The van der Waals surface area contributed by atoms with Gasteiger partial charge in [0.1, 0.15) is 12.7 Å². The number of amides is 1. The zero-order chi connectivity index (χ0) is 18.5. The van der Waals surface area contributed by atoms with Crippen LogP contribution >= 0.6 is 0 Å². The lowest BCUT2D eigenvalue weighted by molar-refractivity contribution is 0.0936. The average Bonchev–Trinajstić information content (AvgIpc) is 3.14. The topological polar surface area (TPSA) is 81.9 Å². The van der Waals surface area contributed by atoms with Gasteiger partial charge < -0.3 is 10.1 Å². The molecular formula is C19H21N5O2.